The average molecular weight is 630 g/mol. The first-order valence-corrected chi connectivity index (χ1v) is 16.2. The molecule has 1 N–H and O–H groups in total. The van der Waals surface area contributed by atoms with Crippen LogP contribution >= 0.6 is 0 Å². The van der Waals surface area contributed by atoms with Crippen LogP contribution in [0.3, 0.4) is 0 Å². The number of anilines is 1. The second kappa shape index (κ2) is 14.3. The molecule has 0 aliphatic heterocycles. The highest BCUT2D eigenvalue weighted by molar-refractivity contribution is 7.92. The standard InChI is InChI=1S/C33H38F3N3O4S/c1-3-30(32(41)37-27-15-6-4-7-16-27)38(22-25-13-10-12-24(2)20-25)31(40)23-39(44(42,43)29-18-8-5-9-19-29)28-17-11-14-26(21-28)33(34,35)36/h5,8-14,17-21,27,30H,3-4,6-7,15-16,22-23H2,1-2H3,(H,37,41). The van der Waals surface area contributed by atoms with Gasteiger partial charge in [0.05, 0.1) is 16.1 Å². The Kier molecular flexibility index (Phi) is 10.7. The Morgan fingerprint density at radius 1 is 0.932 bits per heavy atom. The summed E-state index contributed by atoms with van der Waals surface area (Å²) in [6, 6.07) is 17.6. The smallest absolute Gasteiger partial charge is 0.352 e. The third kappa shape index (κ3) is 8.19. The minimum Gasteiger partial charge on any atom is -0.352 e. The highest BCUT2D eigenvalue weighted by atomic mass is 32.2. The number of hydrogen-bond acceptors (Lipinski definition) is 4. The monoisotopic (exact) mass is 629 g/mol. The second-order valence-electron chi connectivity index (χ2n) is 11.2. The zero-order valence-corrected chi connectivity index (χ0v) is 25.7. The van der Waals surface area contributed by atoms with Gasteiger partial charge in [0.25, 0.3) is 10.0 Å². The number of carbonyl (C=O) groups excluding carboxylic acids is 2. The molecule has 3 aromatic rings. The first kappa shape index (κ1) is 33.0. The van der Waals surface area contributed by atoms with Gasteiger partial charge in [-0.3, -0.25) is 13.9 Å². The van der Waals surface area contributed by atoms with Crippen molar-refractivity contribution in [1.29, 1.82) is 0 Å². The molecule has 0 saturated heterocycles. The fraction of sp³-hybridized carbons (Fsp3) is 0.394. The van der Waals surface area contributed by atoms with Gasteiger partial charge in [-0.15, -0.1) is 0 Å². The summed E-state index contributed by atoms with van der Waals surface area (Å²) in [5, 5.41) is 3.08. The SMILES string of the molecule is CCC(C(=O)NC1CCCCC1)N(Cc1cccc(C)c1)C(=O)CN(c1cccc(C(F)(F)F)c1)S(=O)(=O)c1ccccc1. The quantitative estimate of drug-likeness (QED) is 0.264. The van der Waals surface area contributed by atoms with Crippen LogP contribution in [0.25, 0.3) is 0 Å². The second-order valence-corrected chi connectivity index (χ2v) is 13.0. The maximum absolute atomic E-state index is 14.2. The van der Waals surface area contributed by atoms with Crippen molar-refractivity contribution in [3.8, 4) is 0 Å². The molecule has 0 radical (unpaired) electrons. The van der Waals surface area contributed by atoms with Crippen LogP contribution in [0.4, 0.5) is 18.9 Å². The topological polar surface area (TPSA) is 86.8 Å². The van der Waals surface area contributed by atoms with Gasteiger partial charge in [0.1, 0.15) is 12.6 Å². The molecule has 236 valence electrons. The lowest BCUT2D eigenvalue weighted by atomic mass is 9.95. The van der Waals surface area contributed by atoms with E-state index in [2.05, 4.69) is 5.32 Å². The van der Waals surface area contributed by atoms with Crippen LogP contribution < -0.4 is 9.62 Å². The average Bonchev–Trinajstić information content (AvgIpc) is 3.00. The predicted molar refractivity (Wildman–Crippen MR) is 163 cm³/mol. The fourth-order valence-electron chi connectivity index (χ4n) is 5.56. The molecule has 11 heteroatoms. The Hall–Kier alpha value is -3.86. The molecule has 1 aliphatic rings. The summed E-state index contributed by atoms with van der Waals surface area (Å²) in [5.74, 6) is -1.05. The molecule has 0 aromatic heterocycles. The number of nitrogens with one attached hydrogen (secondary N) is 1. The fourth-order valence-corrected chi connectivity index (χ4v) is 6.98. The van der Waals surface area contributed by atoms with Gasteiger partial charge in [0.2, 0.25) is 11.8 Å². The summed E-state index contributed by atoms with van der Waals surface area (Å²) in [6.07, 6.45) is 0.297. The minimum atomic E-state index is -4.73. The Bertz CT molecular complexity index is 1540. The molecule has 4 rings (SSSR count). The van der Waals surface area contributed by atoms with E-state index in [1.807, 2.05) is 31.2 Å². The molecular formula is C33H38F3N3O4S. The van der Waals surface area contributed by atoms with Crippen molar-refractivity contribution in [1.82, 2.24) is 10.2 Å². The molecule has 1 unspecified atom stereocenters. The molecule has 1 aliphatic carbocycles. The van der Waals surface area contributed by atoms with Crippen LogP contribution in [0.1, 0.15) is 62.1 Å². The Labute approximate surface area is 257 Å². The molecular weight excluding hydrogens is 591 g/mol. The normalized spacial score (nSPS) is 14.9. The summed E-state index contributed by atoms with van der Waals surface area (Å²) in [6.45, 7) is 2.87. The van der Waals surface area contributed by atoms with Crippen molar-refractivity contribution in [3.05, 3.63) is 95.6 Å². The number of amides is 2. The maximum Gasteiger partial charge on any atom is 0.416 e. The molecule has 44 heavy (non-hydrogen) atoms. The number of nitrogens with zero attached hydrogens (tertiary/aromatic N) is 2. The van der Waals surface area contributed by atoms with Gasteiger partial charge < -0.3 is 10.2 Å². The van der Waals surface area contributed by atoms with E-state index < -0.39 is 40.3 Å². The van der Waals surface area contributed by atoms with Crippen molar-refractivity contribution in [2.45, 2.75) is 82.1 Å². The molecule has 7 nitrogen and oxygen atoms in total. The molecule has 0 heterocycles. The van der Waals surface area contributed by atoms with Gasteiger partial charge in [-0.25, -0.2) is 8.42 Å². The van der Waals surface area contributed by atoms with E-state index in [0.29, 0.717) is 10.4 Å². The van der Waals surface area contributed by atoms with Gasteiger partial charge in [-0.1, -0.05) is 80.3 Å². The maximum atomic E-state index is 14.2. The number of hydrogen-bond donors (Lipinski definition) is 1. The van der Waals surface area contributed by atoms with Gasteiger partial charge >= 0.3 is 6.18 Å². The van der Waals surface area contributed by atoms with Crippen LogP contribution in [0.2, 0.25) is 0 Å². The predicted octanol–water partition coefficient (Wildman–Crippen LogP) is 6.47. The van der Waals surface area contributed by atoms with Crippen LogP contribution in [-0.4, -0.2) is 43.8 Å². The van der Waals surface area contributed by atoms with Gasteiger partial charge in [0.15, 0.2) is 0 Å². The zero-order valence-electron chi connectivity index (χ0n) is 24.9. The molecule has 1 atom stereocenters. The van der Waals surface area contributed by atoms with Crippen LogP contribution in [0, 0.1) is 6.92 Å². The van der Waals surface area contributed by atoms with E-state index in [9.17, 15) is 31.2 Å². The van der Waals surface area contributed by atoms with E-state index in [-0.39, 0.29) is 35.5 Å². The molecule has 0 bridgehead atoms. The Morgan fingerprint density at radius 2 is 1.61 bits per heavy atom. The molecule has 1 fully saturated rings. The summed E-state index contributed by atoms with van der Waals surface area (Å²) in [5.41, 5.74) is 0.309. The Balaban J connectivity index is 1.74. The molecule has 3 aromatic carbocycles. The van der Waals surface area contributed by atoms with E-state index in [4.69, 9.17) is 0 Å². The Morgan fingerprint density at radius 3 is 2.25 bits per heavy atom. The van der Waals surface area contributed by atoms with E-state index >= 15 is 0 Å². The van der Waals surface area contributed by atoms with Crippen molar-refractivity contribution in [3.63, 3.8) is 0 Å². The number of aryl methyl sites for hydroxylation is 1. The number of sulfonamides is 1. The molecule has 1 saturated carbocycles. The number of carbonyl (C=O) groups is 2. The summed E-state index contributed by atoms with van der Waals surface area (Å²) in [7, 11) is -4.48. The third-order valence-electron chi connectivity index (χ3n) is 7.84. The van der Waals surface area contributed by atoms with Gasteiger partial charge in [-0.2, -0.15) is 13.2 Å². The number of alkyl halides is 3. The van der Waals surface area contributed by atoms with Gasteiger partial charge in [-0.05, 0) is 62.1 Å². The first-order chi connectivity index (χ1) is 20.9. The highest BCUT2D eigenvalue weighted by Crippen LogP contribution is 2.33. The number of rotatable bonds is 11. The minimum absolute atomic E-state index is 0.0127. The number of halogens is 3. The van der Waals surface area contributed by atoms with Crippen LogP contribution in [-0.2, 0) is 32.3 Å². The van der Waals surface area contributed by atoms with Gasteiger partial charge in [0, 0.05) is 12.6 Å². The third-order valence-corrected chi connectivity index (χ3v) is 9.63. The lowest BCUT2D eigenvalue weighted by Gasteiger charge is -2.34. The van der Waals surface area contributed by atoms with Crippen molar-refractivity contribution in [2.75, 3.05) is 10.8 Å². The first-order valence-electron chi connectivity index (χ1n) is 14.8. The summed E-state index contributed by atoms with van der Waals surface area (Å²) < 4.78 is 69.4. The summed E-state index contributed by atoms with van der Waals surface area (Å²) >= 11 is 0. The van der Waals surface area contributed by atoms with Crippen LogP contribution in [0.5, 0.6) is 0 Å². The van der Waals surface area contributed by atoms with E-state index in [1.54, 1.807) is 13.0 Å². The zero-order chi connectivity index (χ0) is 31.9. The lowest BCUT2D eigenvalue weighted by Crippen LogP contribution is -2.54. The highest BCUT2D eigenvalue weighted by Gasteiger charge is 2.36. The van der Waals surface area contributed by atoms with Crippen molar-refractivity contribution < 1.29 is 31.2 Å². The largest absolute Gasteiger partial charge is 0.416 e. The van der Waals surface area contributed by atoms with Crippen LogP contribution in [0.15, 0.2) is 83.8 Å². The summed E-state index contributed by atoms with van der Waals surface area (Å²) in [4.78, 5) is 29.0. The number of benzene rings is 3. The van der Waals surface area contributed by atoms with E-state index in [0.717, 1.165) is 55.4 Å². The van der Waals surface area contributed by atoms with E-state index in [1.165, 1.54) is 35.2 Å². The molecule has 2 amide bonds. The van der Waals surface area contributed by atoms with Crippen molar-refractivity contribution in [2.24, 2.45) is 0 Å². The molecule has 0 spiro atoms. The van der Waals surface area contributed by atoms with Crippen molar-refractivity contribution >= 4 is 27.5 Å². The lowest BCUT2D eigenvalue weighted by molar-refractivity contribution is -0.140.